The van der Waals surface area contributed by atoms with E-state index in [0.717, 1.165) is 17.4 Å². The maximum atomic E-state index is 12.8. The molecule has 0 saturated heterocycles. The number of benzene rings is 2. The van der Waals surface area contributed by atoms with Crippen molar-refractivity contribution in [3.05, 3.63) is 67.0 Å². The topological polar surface area (TPSA) is 107 Å². The number of phenolic OH excluding ortho intramolecular Hbond substituents is 1. The lowest BCUT2D eigenvalue weighted by atomic mass is 10.1. The van der Waals surface area contributed by atoms with Gasteiger partial charge in [0, 0.05) is 0 Å². The van der Waals surface area contributed by atoms with E-state index in [-0.39, 0.29) is 28.3 Å². The molecule has 130 valence electrons. The van der Waals surface area contributed by atoms with E-state index in [0.29, 0.717) is 20.5 Å². The lowest BCUT2D eigenvalue weighted by molar-refractivity contribution is -0.385. The minimum absolute atomic E-state index is 0.0843. The molecule has 26 heavy (non-hydrogen) atoms. The van der Waals surface area contributed by atoms with Gasteiger partial charge in [-0.15, -0.1) is 0 Å². The van der Waals surface area contributed by atoms with Gasteiger partial charge >= 0.3 is 0 Å². The van der Waals surface area contributed by atoms with Crippen LogP contribution < -0.4 is 14.8 Å². The molecule has 0 aliphatic carbocycles. The zero-order valence-electron chi connectivity index (χ0n) is 13.4. The Balaban J connectivity index is 2.01. The molecule has 0 aliphatic heterocycles. The fraction of sp³-hybridized carbons (Fsp3) is 0.0588. The fourth-order valence-electron chi connectivity index (χ4n) is 2.76. The van der Waals surface area contributed by atoms with E-state index in [4.69, 9.17) is 4.74 Å². The number of aromatic nitrogens is 2. The highest BCUT2D eigenvalue weighted by Crippen LogP contribution is 2.34. The average molecular weight is 369 g/mol. The van der Waals surface area contributed by atoms with Gasteiger partial charge in [-0.1, -0.05) is 23.5 Å². The molecule has 0 saturated carbocycles. The van der Waals surface area contributed by atoms with E-state index in [1.54, 1.807) is 6.07 Å². The van der Waals surface area contributed by atoms with Gasteiger partial charge in [0.2, 0.25) is 0 Å². The number of imidazole rings is 1. The zero-order chi connectivity index (χ0) is 18.4. The van der Waals surface area contributed by atoms with Gasteiger partial charge in [-0.2, -0.15) is 0 Å². The predicted octanol–water partition coefficient (Wildman–Crippen LogP) is 2.08. The largest absolute Gasteiger partial charge is 0.504 e. The van der Waals surface area contributed by atoms with Crippen molar-refractivity contribution in [3.63, 3.8) is 0 Å². The van der Waals surface area contributed by atoms with Crippen LogP contribution in [-0.2, 0) is 0 Å². The SMILES string of the molecule is COc1cc(C=c2sc3nc4ccccc4n3c2=O)c([N+](=O)[O-])cc1O. The third-order valence-corrected chi connectivity index (χ3v) is 4.93. The van der Waals surface area contributed by atoms with Crippen molar-refractivity contribution in [1.82, 2.24) is 9.38 Å². The number of thiazole rings is 1. The van der Waals surface area contributed by atoms with Crippen LogP contribution in [0.15, 0.2) is 41.2 Å². The molecule has 0 unspecified atom stereocenters. The van der Waals surface area contributed by atoms with Crippen LogP contribution in [0.1, 0.15) is 5.56 Å². The third-order valence-electron chi connectivity index (χ3n) is 3.96. The molecule has 0 bridgehead atoms. The summed E-state index contributed by atoms with van der Waals surface area (Å²) >= 11 is 1.14. The summed E-state index contributed by atoms with van der Waals surface area (Å²) in [5.41, 5.74) is 0.926. The highest BCUT2D eigenvalue weighted by atomic mass is 32.1. The minimum atomic E-state index is -0.621. The molecular formula is C17H11N3O5S. The van der Waals surface area contributed by atoms with Gasteiger partial charge in [-0.25, -0.2) is 9.38 Å². The van der Waals surface area contributed by atoms with Crippen LogP contribution in [-0.4, -0.2) is 26.5 Å². The molecule has 0 aliphatic rings. The molecule has 2 aromatic carbocycles. The van der Waals surface area contributed by atoms with Crippen molar-refractivity contribution in [2.45, 2.75) is 0 Å². The first-order chi connectivity index (χ1) is 12.5. The summed E-state index contributed by atoms with van der Waals surface area (Å²) in [6.07, 6.45) is 1.41. The first kappa shape index (κ1) is 16.0. The predicted molar refractivity (Wildman–Crippen MR) is 96.9 cm³/mol. The summed E-state index contributed by atoms with van der Waals surface area (Å²) in [4.78, 5) is 28.3. The second kappa shape index (κ2) is 5.81. The Morgan fingerprint density at radius 2 is 2.12 bits per heavy atom. The Morgan fingerprint density at radius 1 is 1.35 bits per heavy atom. The van der Waals surface area contributed by atoms with Crippen LogP contribution in [0.5, 0.6) is 11.5 Å². The Morgan fingerprint density at radius 3 is 2.85 bits per heavy atom. The number of nitrogens with zero attached hydrogens (tertiary/aromatic N) is 3. The molecule has 4 rings (SSSR count). The molecule has 9 heteroatoms. The monoisotopic (exact) mass is 369 g/mol. The van der Waals surface area contributed by atoms with Crippen molar-refractivity contribution >= 4 is 39.1 Å². The molecule has 0 spiro atoms. The van der Waals surface area contributed by atoms with Gasteiger partial charge < -0.3 is 9.84 Å². The molecule has 2 heterocycles. The molecule has 0 atom stereocenters. The van der Waals surface area contributed by atoms with Crippen LogP contribution in [0, 0.1) is 10.1 Å². The Labute approximate surface area is 149 Å². The molecule has 2 aromatic heterocycles. The van der Waals surface area contributed by atoms with Gasteiger partial charge in [-0.05, 0) is 24.3 Å². The van der Waals surface area contributed by atoms with Gasteiger partial charge in [0.05, 0.1) is 39.2 Å². The number of rotatable bonds is 3. The summed E-state index contributed by atoms with van der Waals surface area (Å²) < 4.78 is 6.79. The number of fused-ring (bicyclic) bond motifs is 3. The molecule has 0 amide bonds. The van der Waals surface area contributed by atoms with Crippen molar-refractivity contribution in [2.75, 3.05) is 7.11 Å². The summed E-state index contributed by atoms with van der Waals surface area (Å²) in [5.74, 6) is -0.258. The summed E-state index contributed by atoms with van der Waals surface area (Å²) in [6.45, 7) is 0. The quantitative estimate of drug-likeness (QED) is 0.438. The van der Waals surface area contributed by atoms with Gasteiger partial charge in [-0.3, -0.25) is 14.9 Å². The van der Waals surface area contributed by atoms with E-state index in [2.05, 4.69) is 4.98 Å². The van der Waals surface area contributed by atoms with Crippen LogP contribution in [0.25, 0.3) is 22.1 Å². The smallest absolute Gasteiger partial charge is 0.280 e. The van der Waals surface area contributed by atoms with E-state index in [1.807, 2.05) is 18.2 Å². The van der Waals surface area contributed by atoms with Crippen molar-refractivity contribution < 1.29 is 14.8 Å². The lowest BCUT2D eigenvalue weighted by Crippen LogP contribution is -2.22. The first-order valence-corrected chi connectivity index (χ1v) is 8.28. The molecule has 4 aromatic rings. The normalized spacial score (nSPS) is 12.1. The summed E-state index contributed by atoms with van der Waals surface area (Å²) in [6, 6.07) is 9.58. The van der Waals surface area contributed by atoms with Gasteiger partial charge in [0.15, 0.2) is 16.5 Å². The van der Waals surface area contributed by atoms with Crippen molar-refractivity contribution in [2.24, 2.45) is 0 Å². The number of ether oxygens (including phenoxy) is 1. The highest BCUT2D eigenvalue weighted by molar-refractivity contribution is 7.15. The lowest BCUT2D eigenvalue weighted by Gasteiger charge is -2.04. The Bertz CT molecular complexity index is 1290. The van der Waals surface area contributed by atoms with Crippen molar-refractivity contribution in [1.29, 1.82) is 0 Å². The number of hydrogen-bond donors (Lipinski definition) is 1. The van der Waals surface area contributed by atoms with E-state index < -0.39 is 4.92 Å². The maximum Gasteiger partial charge on any atom is 0.280 e. The van der Waals surface area contributed by atoms with Crippen LogP contribution in [0.3, 0.4) is 0 Å². The van der Waals surface area contributed by atoms with Crippen LogP contribution in [0.2, 0.25) is 0 Å². The molecule has 8 nitrogen and oxygen atoms in total. The summed E-state index contributed by atoms with van der Waals surface area (Å²) in [7, 11) is 1.34. The number of hydrogen-bond acceptors (Lipinski definition) is 7. The molecular weight excluding hydrogens is 358 g/mol. The number of para-hydroxylation sites is 2. The third kappa shape index (κ3) is 2.37. The Hall–Kier alpha value is -3.46. The number of nitro groups is 1. The summed E-state index contributed by atoms with van der Waals surface area (Å²) in [5, 5.41) is 21.1. The first-order valence-electron chi connectivity index (χ1n) is 7.46. The average Bonchev–Trinajstić information content (AvgIpc) is 3.12. The standard InChI is InChI=1S/C17H11N3O5S/c1-25-14-6-9(12(20(23)24)8-13(14)21)7-15-16(22)19-11-5-3-2-4-10(11)18-17(19)26-15/h2-8,21H,1H3. The van der Waals surface area contributed by atoms with Crippen LogP contribution >= 0.6 is 11.3 Å². The molecule has 0 radical (unpaired) electrons. The fourth-order valence-corrected chi connectivity index (χ4v) is 3.74. The van der Waals surface area contributed by atoms with Gasteiger partial charge in [0.25, 0.3) is 11.2 Å². The van der Waals surface area contributed by atoms with E-state index in [1.165, 1.54) is 23.7 Å². The number of phenols is 1. The minimum Gasteiger partial charge on any atom is -0.504 e. The highest BCUT2D eigenvalue weighted by Gasteiger charge is 2.18. The number of methoxy groups -OCH3 is 1. The van der Waals surface area contributed by atoms with Gasteiger partial charge in [0.1, 0.15) is 0 Å². The molecule has 0 fully saturated rings. The zero-order valence-corrected chi connectivity index (χ0v) is 14.2. The van der Waals surface area contributed by atoms with E-state index in [9.17, 15) is 20.0 Å². The molecule has 1 N–H and O–H groups in total. The van der Waals surface area contributed by atoms with E-state index >= 15 is 0 Å². The number of nitro benzene ring substituents is 1. The Kier molecular flexibility index (Phi) is 3.58. The maximum absolute atomic E-state index is 12.8. The number of aromatic hydroxyl groups is 1. The van der Waals surface area contributed by atoms with Crippen molar-refractivity contribution in [3.8, 4) is 11.5 Å². The van der Waals surface area contributed by atoms with Crippen LogP contribution in [0.4, 0.5) is 5.69 Å². The second-order valence-electron chi connectivity index (χ2n) is 5.47. The second-order valence-corrected chi connectivity index (χ2v) is 6.48.